The third kappa shape index (κ3) is 1.68. The lowest BCUT2D eigenvalue weighted by Crippen LogP contribution is -2.61. The maximum absolute atomic E-state index is 6.66. The highest BCUT2D eigenvalue weighted by atomic mass is 16.7. The Morgan fingerprint density at radius 1 is 0.667 bits per heavy atom. The second kappa shape index (κ2) is 5.49. The van der Waals surface area contributed by atoms with E-state index >= 15 is 0 Å². The number of azo groups is 1. The second-order valence-electron chi connectivity index (χ2n) is 8.28. The van der Waals surface area contributed by atoms with Gasteiger partial charge in [-0.2, -0.15) is 10.2 Å². The Hall–Kier alpha value is -2.04. The van der Waals surface area contributed by atoms with Gasteiger partial charge in [0, 0.05) is 11.8 Å². The van der Waals surface area contributed by atoms with Crippen LogP contribution in [0.2, 0.25) is 0 Å². The van der Waals surface area contributed by atoms with Crippen LogP contribution in [0.5, 0.6) is 0 Å². The maximum atomic E-state index is 6.66. The number of rotatable bonds is 2. The lowest BCUT2D eigenvalue weighted by atomic mass is 9.74. The summed E-state index contributed by atoms with van der Waals surface area (Å²) in [5.74, 6) is -0.0390. The first-order valence-electron chi connectivity index (χ1n) is 10.2. The smallest absolute Gasteiger partial charge is 0.232 e. The van der Waals surface area contributed by atoms with Crippen molar-refractivity contribution in [1.82, 2.24) is 0 Å². The third-order valence-electron chi connectivity index (χ3n) is 7.29. The molecule has 2 aliphatic heterocycles. The first-order chi connectivity index (χ1) is 13.4. The summed E-state index contributed by atoms with van der Waals surface area (Å²) in [5.41, 5.74) is 1.27. The molecule has 2 aliphatic carbocycles. The van der Waals surface area contributed by atoms with E-state index in [4.69, 9.17) is 19.7 Å². The standard InChI is InChI=1S/C23H24N2O2/c1-3-9-17(10-4-1)21-19-13-7-14-20(19)22(25-24-21,18-11-5-2-6-12-18)23(21)26-15-8-16-27-23/h1-6,9-12,19-20H,7-8,13-16H2/t19-,20+,21-,22+. The van der Waals surface area contributed by atoms with Crippen molar-refractivity contribution in [1.29, 1.82) is 0 Å². The van der Waals surface area contributed by atoms with Gasteiger partial charge in [0.1, 0.15) is 0 Å². The van der Waals surface area contributed by atoms with Crippen molar-refractivity contribution in [3.63, 3.8) is 0 Å². The predicted molar refractivity (Wildman–Crippen MR) is 101 cm³/mol. The summed E-state index contributed by atoms with van der Waals surface area (Å²) in [6.07, 6.45) is 4.45. The van der Waals surface area contributed by atoms with Crippen LogP contribution in [0.3, 0.4) is 0 Å². The van der Waals surface area contributed by atoms with Gasteiger partial charge in [-0.3, -0.25) is 0 Å². The van der Waals surface area contributed by atoms with E-state index in [1.165, 1.54) is 17.5 Å². The molecule has 2 bridgehead atoms. The highest BCUT2D eigenvalue weighted by Crippen LogP contribution is 2.75. The minimum atomic E-state index is -0.837. The fourth-order valence-electron chi connectivity index (χ4n) is 6.46. The van der Waals surface area contributed by atoms with Crippen LogP contribution in [-0.4, -0.2) is 19.0 Å². The lowest BCUT2D eigenvalue weighted by Gasteiger charge is -2.48. The lowest BCUT2D eigenvalue weighted by molar-refractivity contribution is -0.314. The van der Waals surface area contributed by atoms with Gasteiger partial charge >= 0.3 is 0 Å². The van der Waals surface area contributed by atoms with Crippen molar-refractivity contribution >= 4 is 0 Å². The Bertz CT molecular complexity index is 812. The van der Waals surface area contributed by atoms with Gasteiger partial charge in [-0.25, -0.2) is 0 Å². The van der Waals surface area contributed by atoms with E-state index in [1.807, 2.05) is 0 Å². The summed E-state index contributed by atoms with van der Waals surface area (Å²) < 4.78 is 13.3. The topological polar surface area (TPSA) is 43.2 Å². The molecule has 2 aromatic carbocycles. The van der Waals surface area contributed by atoms with Crippen molar-refractivity contribution in [3.8, 4) is 0 Å². The quantitative estimate of drug-likeness (QED) is 0.771. The van der Waals surface area contributed by atoms with Crippen LogP contribution >= 0.6 is 0 Å². The first kappa shape index (κ1) is 16.0. The Morgan fingerprint density at radius 2 is 1.15 bits per heavy atom. The molecule has 0 N–H and O–H groups in total. The van der Waals surface area contributed by atoms with Crippen LogP contribution in [-0.2, 0) is 20.6 Å². The molecular formula is C23H24N2O2. The van der Waals surface area contributed by atoms with E-state index in [-0.39, 0.29) is 0 Å². The van der Waals surface area contributed by atoms with E-state index < -0.39 is 16.9 Å². The summed E-state index contributed by atoms with van der Waals surface area (Å²) in [4.78, 5) is 0. The molecule has 138 valence electrons. The number of hydrogen-bond acceptors (Lipinski definition) is 4. The fraction of sp³-hybridized carbons (Fsp3) is 0.478. The van der Waals surface area contributed by atoms with Crippen molar-refractivity contribution in [2.24, 2.45) is 22.1 Å². The van der Waals surface area contributed by atoms with Gasteiger partial charge in [-0.15, -0.1) is 0 Å². The highest BCUT2D eigenvalue weighted by Gasteiger charge is 2.84. The highest BCUT2D eigenvalue weighted by molar-refractivity contribution is 5.46. The molecule has 0 aromatic heterocycles. The normalized spacial score (nSPS) is 38.4. The third-order valence-corrected chi connectivity index (χ3v) is 7.29. The molecule has 0 unspecified atom stereocenters. The van der Waals surface area contributed by atoms with E-state index in [9.17, 15) is 0 Å². The summed E-state index contributed by atoms with van der Waals surface area (Å²) in [5, 5.41) is 10.1. The zero-order valence-corrected chi connectivity index (χ0v) is 15.4. The Balaban J connectivity index is 1.67. The van der Waals surface area contributed by atoms with E-state index in [2.05, 4.69) is 60.7 Å². The van der Waals surface area contributed by atoms with Crippen LogP contribution in [0.25, 0.3) is 0 Å². The molecular weight excluding hydrogens is 336 g/mol. The summed E-state index contributed by atoms with van der Waals surface area (Å²) >= 11 is 0. The van der Waals surface area contributed by atoms with Gasteiger partial charge in [0.15, 0.2) is 11.1 Å². The second-order valence-corrected chi connectivity index (χ2v) is 8.28. The molecule has 4 nitrogen and oxygen atoms in total. The molecule has 1 saturated heterocycles. The Labute approximate surface area is 159 Å². The number of nitrogens with zero attached hydrogens (tertiary/aromatic N) is 2. The number of fused-ring (bicyclic) bond motifs is 3. The summed E-state index contributed by atoms with van der Waals surface area (Å²) in [6, 6.07) is 21.3. The largest absolute Gasteiger partial charge is 0.345 e. The van der Waals surface area contributed by atoms with Gasteiger partial charge in [0.2, 0.25) is 5.79 Å². The average Bonchev–Trinajstić information content (AvgIpc) is 3.38. The molecule has 4 heteroatoms. The van der Waals surface area contributed by atoms with Gasteiger partial charge in [0.25, 0.3) is 0 Å². The van der Waals surface area contributed by atoms with E-state index in [0.29, 0.717) is 25.0 Å². The van der Waals surface area contributed by atoms with Crippen LogP contribution < -0.4 is 0 Å². The number of ether oxygens (including phenoxy) is 2. The zero-order chi connectivity index (χ0) is 18.0. The van der Waals surface area contributed by atoms with Gasteiger partial charge in [0.05, 0.1) is 13.2 Å². The molecule has 3 fully saturated rings. The van der Waals surface area contributed by atoms with Crippen LogP contribution in [0.1, 0.15) is 36.8 Å². The van der Waals surface area contributed by atoms with Crippen molar-refractivity contribution in [3.05, 3.63) is 71.8 Å². The Morgan fingerprint density at radius 3 is 1.63 bits per heavy atom. The van der Waals surface area contributed by atoms with Gasteiger partial charge in [-0.1, -0.05) is 67.1 Å². The molecule has 27 heavy (non-hydrogen) atoms. The van der Waals surface area contributed by atoms with Crippen LogP contribution in [0.4, 0.5) is 0 Å². The molecule has 2 saturated carbocycles. The molecule has 2 aromatic rings. The van der Waals surface area contributed by atoms with E-state index in [1.54, 1.807) is 0 Å². The van der Waals surface area contributed by atoms with Crippen LogP contribution in [0, 0.1) is 11.8 Å². The zero-order valence-electron chi connectivity index (χ0n) is 15.4. The predicted octanol–water partition coefficient (Wildman–Crippen LogP) is 4.81. The molecule has 1 spiro atoms. The van der Waals surface area contributed by atoms with Crippen LogP contribution in [0.15, 0.2) is 70.9 Å². The monoisotopic (exact) mass is 360 g/mol. The molecule has 0 radical (unpaired) electrons. The molecule has 2 heterocycles. The summed E-state index contributed by atoms with van der Waals surface area (Å²) in [7, 11) is 0. The van der Waals surface area contributed by atoms with Crippen molar-refractivity contribution in [2.75, 3.05) is 13.2 Å². The number of benzene rings is 2. The van der Waals surface area contributed by atoms with Crippen molar-refractivity contribution in [2.45, 2.75) is 42.5 Å². The summed E-state index contributed by atoms with van der Waals surface area (Å²) in [6.45, 7) is 1.40. The molecule has 6 rings (SSSR count). The average molecular weight is 360 g/mol. The van der Waals surface area contributed by atoms with E-state index in [0.717, 1.165) is 19.3 Å². The Kier molecular flexibility index (Phi) is 3.25. The first-order valence-corrected chi connectivity index (χ1v) is 10.2. The molecule has 0 amide bonds. The minimum Gasteiger partial charge on any atom is -0.345 e. The SMILES string of the molecule is c1ccc([C@@]23N=N[C@@](c4ccccc4)([C@H]4CCC[C@H]42)C32OCCCO2)cc1. The van der Waals surface area contributed by atoms with Gasteiger partial charge in [-0.05, 0) is 30.4 Å². The van der Waals surface area contributed by atoms with Crippen molar-refractivity contribution < 1.29 is 9.47 Å². The minimum absolute atomic E-state index is 0.399. The number of hydrogen-bond donors (Lipinski definition) is 0. The maximum Gasteiger partial charge on any atom is 0.232 e. The molecule has 4 atom stereocenters. The fourth-order valence-corrected chi connectivity index (χ4v) is 6.46. The van der Waals surface area contributed by atoms with Gasteiger partial charge < -0.3 is 9.47 Å². The molecule has 4 aliphatic rings.